The molecule has 0 bridgehead atoms. The van der Waals surface area contributed by atoms with Crippen LogP contribution in [0.5, 0.6) is 5.75 Å². The summed E-state index contributed by atoms with van der Waals surface area (Å²) < 4.78 is 10.9. The summed E-state index contributed by atoms with van der Waals surface area (Å²) in [6.45, 7) is 3.84. The number of aliphatic carboxylic acids is 1. The van der Waals surface area contributed by atoms with Crippen molar-refractivity contribution in [1.82, 2.24) is 5.32 Å². The lowest BCUT2D eigenvalue weighted by atomic mass is 9.82. The molecular formula is C19H23NO5. The smallest absolute Gasteiger partial charge is 0.311 e. The Morgan fingerprint density at radius 1 is 1.16 bits per heavy atom. The largest absolute Gasteiger partial charge is 0.489 e. The van der Waals surface area contributed by atoms with Crippen LogP contribution in [0.15, 0.2) is 47.1 Å². The number of rotatable bonds is 9. The van der Waals surface area contributed by atoms with Gasteiger partial charge in [0.1, 0.15) is 12.4 Å². The van der Waals surface area contributed by atoms with E-state index in [1.54, 1.807) is 19.9 Å². The highest BCUT2D eigenvalue weighted by atomic mass is 16.5. The molecule has 2 rings (SSSR count). The van der Waals surface area contributed by atoms with E-state index in [0.717, 1.165) is 0 Å². The molecule has 1 amide bonds. The van der Waals surface area contributed by atoms with Gasteiger partial charge in [0, 0.05) is 12.1 Å². The monoisotopic (exact) mass is 345 g/mol. The van der Waals surface area contributed by atoms with Crippen LogP contribution in [-0.4, -0.2) is 23.5 Å². The zero-order valence-electron chi connectivity index (χ0n) is 14.5. The zero-order chi connectivity index (χ0) is 18.3. The second-order valence-electron chi connectivity index (χ2n) is 5.85. The molecule has 0 saturated heterocycles. The van der Waals surface area contributed by atoms with Crippen molar-refractivity contribution in [3.8, 4) is 5.75 Å². The van der Waals surface area contributed by atoms with E-state index in [1.807, 2.05) is 30.3 Å². The molecule has 2 aromatic rings. The van der Waals surface area contributed by atoms with E-state index in [1.165, 1.54) is 6.26 Å². The number of ether oxygens (including phenoxy) is 1. The van der Waals surface area contributed by atoms with Crippen molar-refractivity contribution in [2.45, 2.75) is 33.3 Å². The van der Waals surface area contributed by atoms with Gasteiger partial charge in [0.2, 0.25) is 0 Å². The van der Waals surface area contributed by atoms with Gasteiger partial charge in [0.15, 0.2) is 5.76 Å². The van der Waals surface area contributed by atoms with Crippen molar-refractivity contribution < 1.29 is 23.8 Å². The first kappa shape index (κ1) is 18.6. The maximum Gasteiger partial charge on any atom is 0.311 e. The fraction of sp³-hybridized carbons (Fsp3) is 0.368. The Kier molecular flexibility index (Phi) is 6.22. The number of benzene rings is 1. The summed E-state index contributed by atoms with van der Waals surface area (Å²) in [6, 6.07) is 10.9. The zero-order valence-corrected chi connectivity index (χ0v) is 14.5. The van der Waals surface area contributed by atoms with Crippen LogP contribution < -0.4 is 10.1 Å². The molecular weight excluding hydrogens is 322 g/mol. The second kappa shape index (κ2) is 8.37. The predicted molar refractivity (Wildman–Crippen MR) is 92.5 cm³/mol. The van der Waals surface area contributed by atoms with Gasteiger partial charge in [-0.1, -0.05) is 32.0 Å². The molecule has 0 fully saturated rings. The van der Waals surface area contributed by atoms with E-state index in [4.69, 9.17) is 9.15 Å². The number of carbonyl (C=O) groups is 2. The lowest BCUT2D eigenvalue weighted by Crippen LogP contribution is -2.42. The first-order valence-electron chi connectivity index (χ1n) is 8.28. The van der Waals surface area contributed by atoms with Gasteiger partial charge in [-0.25, -0.2) is 0 Å². The Labute approximate surface area is 146 Å². The van der Waals surface area contributed by atoms with Crippen LogP contribution in [-0.2, 0) is 11.4 Å². The number of amides is 1. The van der Waals surface area contributed by atoms with Gasteiger partial charge in [0.25, 0.3) is 5.91 Å². The van der Waals surface area contributed by atoms with Crippen LogP contribution in [0.4, 0.5) is 0 Å². The summed E-state index contributed by atoms with van der Waals surface area (Å²) in [5.41, 5.74) is -0.363. The van der Waals surface area contributed by atoms with Gasteiger partial charge in [-0.2, -0.15) is 0 Å². The van der Waals surface area contributed by atoms with Crippen molar-refractivity contribution in [1.29, 1.82) is 0 Å². The van der Waals surface area contributed by atoms with Gasteiger partial charge in [-0.15, -0.1) is 0 Å². The molecule has 0 saturated carbocycles. The molecule has 0 radical (unpaired) electrons. The van der Waals surface area contributed by atoms with Crippen LogP contribution in [0.2, 0.25) is 0 Å². The number of carboxylic acid groups (broad SMARTS) is 1. The van der Waals surface area contributed by atoms with Gasteiger partial charge in [-0.3, -0.25) is 9.59 Å². The Morgan fingerprint density at radius 2 is 1.84 bits per heavy atom. The molecule has 0 aliphatic heterocycles. The molecule has 1 aromatic heterocycles. The number of nitrogens with one attached hydrogen (secondary N) is 1. The van der Waals surface area contributed by atoms with E-state index in [2.05, 4.69) is 5.32 Å². The molecule has 0 atom stereocenters. The normalized spacial score (nSPS) is 11.1. The summed E-state index contributed by atoms with van der Waals surface area (Å²) >= 11 is 0. The molecule has 0 aliphatic rings. The highest BCUT2D eigenvalue weighted by Crippen LogP contribution is 2.26. The van der Waals surface area contributed by atoms with Crippen LogP contribution in [0.1, 0.15) is 42.8 Å². The van der Waals surface area contributed by atoms with Crippen molar-refractivity contribution >= 4 is 11.9 Å². The van der Waals surface area contributed by atoms with Crippen molar-refractivity contribution in [3.63, 3.8) is 0 Å². The molecule has 6 heteroatoms. The maximum absolute atomic E-state index is 12.4. The molecule has 25 heavy (non-hydrogen) atoms. The number of furan rings is 1. The lowest BCUT2D eigenvalue weighted by Gasteiger charge is -2.26. The van der Waals surface area contributed by atoms with Gasteiger partial charge >= 0.3 is 5.97 Å². The fourth-order valence-electron chi connectivity index (χ4n) is 2.53. The summed E-state index contributed by atoms with van der Waals surface area (Å²) in [5.74, 6) is -0.520. The summed E-state index contributed by atoms with van der Waals surface area (Å²) in [7, 11) is 0. The fourth-order valence-corrected chi connectivity index (χ4v) is 2.53. The number of hydrogen-bond donors (Lipinski definition) is 2. The van der Waals surface area contributed by atoms with Crippen LogP contribution in [0.3, 0.4) is 0 Å². The standard InChI is InChI=1S/C19H23NO5/c1-3-19(4-2,18(22)23)13-20-17(21)16-14(10-11-24-16)12-25-15-8-6-5-7-9-15/h5-11H,3-4,12-13H2,1-2H3,(H,20,21)(H,22,23). The minimum Gasteiger partial charge on any atom is -0.489 e. The minimum absolute atomic E-state index is 0.0495. The van der Waals surface area contributed by atoms with Crippen LogP contribution >= 0.6 is 0 Å². The highest BCUT2D eigenvalue weighted by Gasteiger charge is 2.35. The second-order valence-corrected chi connectivity index (χ2v) is 5.85. The van der Waals surface area contributed by atoms with E-state index in [0.29, 0.717) is 24.2 Å². The molecule has 6 nitrogen and oxygen atoms in total. The molecule has 2 N–H and O–H groups in total. The third-order valence-electron chi connectivity index (χ3n) is 4.49. The van der Waals surface area contributed by atoms with Gasteiger partial charge in [-0.05, 0) is 31.0 Å². The first-order chi connectivity index (χ1) is 12.0. The summed E-state index contributed by atoms with van der Waals surface area (Å²) in [6.07, 6.45) is 2.28. The van der Waals surface area contributed by atoms with E-state index < -0.39 is 17.3 Å². The Balaban J connectivity index is 2.01. The Bertz CT molecular complexity index is 704. The van der Waals surface area contributed by atoms with E-state index in [9.17, 15) is 14.7 Å². The summed E-state index contributed by atoms with van der Waals surface area (Å²) in [5, 5.41) is 12.1. The average molecular weight is 345 g/mol. The Hall–Kier alpha value is -2.76. The van der Waals surface area contributed by atoms with E-state index >= 15 is 0 Å². The third-order valence-corrected chi connectivity index (χ3v) is 4.49. The quantitative estimate of drug-likeness (QED) is 0.726. The molecule has 0 aliphatic carbocycles. The van der Waals surface area contributed by atoms with Gasteiger partial charge in [0.05, 0.1) is 11.7 Å². The molecule has 1 aromatic carbocycles. The van der Waals surface area contributed by atoms with Crippen molar-refractivity contribution in [3.05, 3.63) is 54.0 Å². The van der Waals surface area contributed by atoms with Crippen LogP contribution in [0, 0.1) is 5.41 Å². The molecule has 1 heterocycles. The highest BCUT2D eigenvalue weighted by molar-refractivity contribution is 5.93. The van der Waals surface area contributed by atoms with E-state index in [-0.39, 0.29) is 18.9 Å². The number of carbonyl (C=O) groups excluding carboxylic acids is 1. The first-order valence-corrected chi connectivity index (χ1v) is 8.28. The predicted octanol–water partition coefficient (Wildman–Crippen LogP) is 3.48. The topological polar surface area (TPSA) is 88.8 Å². The van der Waals surface area contributed by atoms with Crippen molar-refractivity contribution in [2.75, 3.05) is 6.54 Å². The molecule has 0 unspecified atom stereocenters. The number of para-hydroxylation sites is 1. The molecule has 0 spiro atoms. The molecule has 134 valence electrons. The Morgan fingerprint density at radius 3 is 2.44 bits per heavy atom. The number of carboxylic acids is 1. The van der Waals surface area contributed by atoms with Crippen LogP contribution in [0.25, 0.3) is 0 Å². The van der Waals surface area contributed by atoms with Crippen molar-refractivity contribution in [2.24, 2.45) is 5.41 Å². The number of hydrogen-bond acceptors (Lipinski definition) is 4. The lowest BCUT2D eigenvalue weighted by molar-refractivity contribution is -0.149. The SMILES string of the molecule is CCC(CC)(CNC(=O)c1occc1COc1ccccc1)C(=O)O. The summed E-state index contributed by atoms with van der Waals surface area (Å²) in [4.78, 5) is 23.9. The maximum atomic E-state index is 12.4. The minimum atomic E-state index is -0.969. The van der Waals surface area contributed by atoms with Gasteiger partial charge < -0.3 is 19.6 Å². The third kappa shape index (κ3) is 4.41. The average Bonchev–Trinajstić information content (AvgIpc) is 3.10.